The highest BCUT2D eigenvalue weighted by molar-refractivity contribution is 5.93. The minimum absolute atomic E-state index is 0.0272. The van der Waals surface area contributed by atoms with Crippen molar-refractivity contribution >= 4 is 17.4 Å². The normalized spacial score (nSPS) is 11.9. The second kappa shape index (κ2) is 9.40. The molecule has 13 heteroatoms. The molecule has 0 spiro atoms. The number of aromatic nitrogens is 5. The van der Waals surface area contributed by atoms with Gasteiger partial charge in [0.1, 0.15) is 0 Å². The molecule has 188 valence electrons. The van der Waals surface area contributed by atoms with Gasteiger partial charge in [0.25, 0.3) is 5.91 Å². The van der Waals surface area contributed by atoms with Gasteiger partial charge in [0, 0.05) is 18.2 Å². The van der Waals surface area contributed by atoms with E-state index in [0.717, 1.165) is 11.6 Å². The first-order chi connectivity index (χ1) is 16.9. The Morgan fingerprint density at radius 1 is 1.14 bits per heavy atom. The molecule has 10 nitrogen and oxygen atoms in total. The fourth-order valence-electron chi connectivity index (χ4n) is 3.65. The average Bonchev–Trinajstić information content (AvgIpc) is 3.41. The lowest BCUT2D eigenvalue weighted by Crippen LogP contribution is -2.28. The average molecular weight is 501 g/mol. The Bertz CT molecular complexity index is 1440. The summed E-state index contributed by atoms with van der Waals surface area (Å²) in [4.78, 5) is 27.1. The number of hydrogen-bond donors (Lipinski definition) is 1. The first kappa shape index (κ1) is 24.8. The number of benzene rings is 1. The van der Waals surface area contributed by atoms with Crippen molar-refractivity contribution in [3.63, 3.8) is 0 Å². The Kier molecular flexibility index (Phi) is 6.48. The lowest BCUT2D eigenvalue weighted by molar-refractivity contribution is -0.389. The van der Waals surface area contributed by atoms with Gasteiger partial charge in [-0.2, -0.15) is 23.0 Å². The predicted molar refractivity (Wildman–Crippen MR) is 123 cm³/mol. The van der Waals surface area contributed by atoms with E-state index in [1.54, 1.807) is 19.1 Å². The quantitative estimate of drug-likeness (QED) is 0.296. The summed E-state index contributed by atoms with van der Waals surface area (Å²) in [7, 11) is 0. The van der Waals surface area contributed by atoms with Crippen LogP contribution in [-0.4, -0.2) is 41.8 Å². The molecule has 0 saturated heterocycles. The topological polar surface area (TPSA) is 120 Å². The third-order valence-electron chi connectivity index (χ3n) is 5.59. The Morgan fingerprint density at radius 3 is 2.42 bits per heavy atom. The highest BCUT2D eigenvalue weighted by atomic mass is 19.4. The van der Waals surface area contributed by atoms with Gasteiger partial charge in [-0.15, -0.1) is 0 Å². The van der Waals surface area contributed by atoms with Crippen LogP contribution in [0.15, 0.2) is 42.5 Å². The molecule has 0 aliphatic carbocycles. The molecule has 0 saturated carbocycles. The van der Waals surface area contributed by atoms with Gasteiger partial charge in [-0.1, -0.05) is 38.1 Å². The zero-order valence-electron chi connectivity index (χ0n) is 19.6. The molecule has 1 aromatic carbocycles. The number of aryl methyl sites for hydroxylation is 1. The summed E-state index contributed by atoms with van der Waals surface area (Å²) in [5.74, 6) is -0.765. The standard InChI is InChI=1S/C23H22F3N7O3/c1-13(2)15-4-6-16(7-5-15)17-11-19(23(24,25)26)32-20(28-17)12-18(29-32)22(34)27-8-9-31-14(3)10-21(30-31)33(35)36/h4-7,10-13H,8-9H2,1-3H3,(H,27,34). The lowest BCUT2D eigenvalue weighted by Gasteiger charge is -2.11. The van der Waals surface area contributed by atoms with Crippen molar-refractivity contribution in [1.29, 1.82) is 0 Å². The summed E-state index contributed by atoms with van der Waals surface area (Å²) in [6, 6.07) is 10.5. The predicted octanol–water partition coefficient (Wildman–Crippen LogP) is 4.38. The van der Waals surface area contributed by atoms with E-state index < -0.39 is 22.7 Å². The van der Waals surface area contributed by atoms with E-state index in [-0.39, 0.29) is 41.9 Å². The second-order valence-corrected chi connectivity index (χ2v) is 8.48. The first-order valence-electron chi connectivity index (χ1n) is 11.0. The van der Waals surface area contributed by atoms with E-state index in [2.05, 4.69) is 20.5 Å². The van der Waals surface area contributed by atoms with Crippen LogP contribution in [-0.2, 0) is 12.7 Å². The molecule has 0 bridgehead atoms. The highest BCUT2D eigenvalue weighted by Crippen LogP contribution is 2.32. The number of nitrogens with one attached hydrogen (secondary N) is 1. The number of carbonyl (C=O) groups is 1. The summed E-state index contributed by atoms with van der Waals surface area (Å²) in [6.45, 7) is 5.81. The van der Waals surface area contributed by atoms with Crippen LogP contribution in [0.2, 0.25) is 0 Å². The molecule has 4 rings (SSSR count). The number of alkyl halides is 3. The van der Waals surface area contributed by atoms with Gasteiger partial charge < -0.3 is 15.4 Å². The van der Waals surface area contributed by atoms with Crippen LogP contribution in [0.5, 0.6) is 0 Å². The minimum atomic E-state index is -4.74. The fraction of sp³-hybridized carbons (Fsp3) is 0.304. The zero-order chi connectivity index (χ0) is 26.2. The van der Waals surface area contributed by atoms with Gasteiger partial charge >= 0.3 is 12.0 Å². The van der Waals surface area contributed by atoms with Gasteiger partial charge in [0.05, 0.1) is 29.1 Å². The number of halogens is 3. The summed E-state index contributed by atoms with van der Waals surface area (Å²) in [6.07, 6.45) is -4.74. The molecular weight excluding hydrogens is 479 g/mol. The lowest BCUT2D eigenvalue weighted by atomic mass is 10.0. The van der Waals surface area contributed by atoms with Crippen molar-refractivity contribution in [3.05, 3.63) is 75.2 Å². The number of rotatable bonds is 7. The van der Waals surface area contributed by atoms with Crippen LogP contribution in [0.1, 0.15) is 47.2 Å². The molecule has 4 aromatic rings. The number of fused-ring (bicyclic) bond motifs is 1. The number of hydrogen-bond acceptors (Lipinski definition) is 6. The van der Waals surface area contributed by atoms with Gasteiger partial charge in [-0.05, 0) is 29.4 Å². The molecule has 36 heavy (non-hydrogen) atoms. The van der Waals surface area contributed by atoms with Crippen LogP contribution in [0.25, 0.3) is 16.9 Å². The zero-order valence-corrected chi connectivity index (χ0v) is 19.6. The fourth-order valence-corrected chi connectivity index (χ4v) is 3.65. The van der Waals surface area contributed by atoms with E-state index >= 15 is 0 Å². The number of nitrogens with zero attached hydrogens (tertiary/aromatic N) is 6. The summed E-state index contributed by atoms with van der Waals surface area (Å²) in [5, 5.41) is 21.0. The maximum Gasteiger partial charge on any atom is 0.433 e. The number of amides is 1. The van der Waals surface area contributed by atoms with Crippen molar-refractivity contribution in [3.8, 4) is 11.3 Å². The maximum absolute atomic E-state index is 13.8. The monoisotopic (exact) mass is 501 g/mol. The molecule has 0 unspecified atom stereocenters. The van der Waals surface area contributed by atoms with Gasteiger partial charge in [-0.25, -0.2) is 9.50 Å². The molecule has 1 amide bonds. The van der Waals surface area contributed by atoms with Crippen LogP contribution >= 0.6 is 0 Å². The van der Waals surface area contributed by atoms with Crippen LogP contribution in [0, 0.1) is 17.0 Å². The van der Waals surface area contributed by atoms with Gasteiger partial charge in [0.15, 0.2) is 17.0 Å². The third-order valence-corrected chi connectivity index (χ3v) is 5.59. The summed E-state index contributed by atoms with van der Waals surface area (Å²) >= 11 is 0. The van der Waals surface area contributed by atoms with E-state index in [4.69, 9.17) is 0 Å². The van der Waals surface area contributed by atoms with E-state index in [0.29, 0.717) is 15.8 Å². The SMILES string of the molecule is Cc1cc([N+](=O)[O-])nn1CCNC(=O)c1cc2nc(-c3ccc(C(C)C)cc3)cc(C(F)(F)F)n2n1. The van der Waals surface area contributed by atoms with E-state index in [1.165, 1.54) is 16.8 Å². The molecule has 0 atom stereocenters. The van der Waals surface area contributed by atoms with Crippen molar-refractivity contribution in [2.24, 2.45) is 0 Å². The Labute approximate surface area is 202 Å². The van der Waals surface area contributed by atoms with Crippen LogP contribution < -0.4 is 5.32 Å². The summed E-state index contributed by atoms with van der Waals surface area (Å²) in [5.41, 5.74) is 0.737. The molecule has 0 aliphatic rings. The first-order valence-corrected chi connectivity index (χ1v) is 11.0. The van der Waals surface area contributed by atoms with Crippen molar-refractivity contribution in [2.75, 3.05) is 6.54 Å². The molecule has 3 aromatic heterocycles. The van der Waals surface area contributed by atoms with E-state index in [9.17, 15) is 28.1 Å². The molecular formula is C23H22F3N7O3. The molecule has 0 fully saturated rings. The van der Waals surface area contributed by atoms with Crippen molar-refractivity contribution < 1.29 is 22.9 Å². The van der Waals surface area contributed by atoms with Gasteiger partial charge in [0.2, 0.25) is 0 Å². The van der Waals surface area contributed by atoms with Crippen molar-refractivity contribution in [2.45, 2.75) is 39.4 Å². The molecule has 0 radical (unpaired) electrons. The highest BCUT2D eigenvalue weighted by Gasteiger charge is 2.35. The molecule has 3 heterocycles. The van der Waals surface area contributed by atoms with Crippen LogP contribution in [0.4, 0.5) is 19.0 Å². The van der Waals surface area contributed by atoms with Gasteiger partial charge in [-0.3, -0.25) is 4.79 Å². The smallest absolute Gasteiger partial charge is 0.358 e. The van der Waals surface area contributed by atoms with Crippen molar-refractivity contribution in [1.82, 2.24) is 29.7 Å². The summed E-state index contributed by atoms with van der Waals surface area (Å²) < 4.78 is 43.5. The molecule has 0 aliphatic heterocycles. The number of nitro groups is 1. The second-order valence-electron chi connectivity index (χ2n) is 8.48. The minimum Gasteiger partial charge on any atom is -0.358 e. The largest absolute Gasteiger partial charge is 0.433 e. The maximum atomic E-state index is 13.8. The Balaban J connectivity index is 1.59. The Hall–Kier alpha value is -4.29. The third kappa shape index (κ3) is 5.04. The molecule has 1 N–H and O–H groups in total. The van der Waals surface area contributed by atoms with E-state index in [1.807, 2.05) is 26.0 Å². The van der Waals surface area contributed by atoms with Crippen LogP contribution in [0.3, 0.4) is 0 Å². The number of carbonyl (C=O) groups excluding carboxylic acids is 1. The Morgan fingerprint density at radius 2 is 1.83 bits per heavy atom.